The van der Waals surface area contributed by atoms with Gasteiger partial charge in [-0.05, 0) is 36.8 Å². The van der Waals surface area contributed by atoms with Crippen LogP contribution in [0.2, 0.25) is 0 Å². The summed E-state index contributed by atoms with van der Waals surface area (Å²) in [4.78, 5) is 4.31. The first kappa shape index (κ1) is 12.5. The SMILES string of the molecule is Cc1cccc(CNc2ccc3ncccc3c2N)c1. The summed E-state index contributed by atoms with van der Waals surface area (Å²) < 4.78 is 0. The van der Waals surface area contributed by atoms with Gasteiger partial charge in [-0.3, -0.25) is 4.98 Å². The van der Waals surface area contributed by atoms with Gasteiger partial charge in [-0.25, -0.2) is 0 Å². The highest BCUT2D eigenvalue weighted by atomic mass is 14.9. The van der Waals surface area contributed by atoms with Crippen LogP contribution in [0.15, 0.2) is 54.7 Å². The van der Waals surface area contributed by atoms with Gasteiger partial charge < -0.3 is 11.1 Å². The fraction of sp³-hybridized carbons (Fsp3) is 0.118. The molecule has 0 saturated carbocycles. The van der Waals surface area contributed by atoms with E-state index in [4.69, 9.17) is 5.73 Å². The molecule has 3 heteroatoms. The average molecular weight is 263 g/mol. The summed E-state index contributed by atoms with van der Waals surface area (Å²) in [7, 11) is 0. The van der Waals surface area contributed by atoms with Crippen LogP contribution in [-0.2, 0) is 6.54 Å². The van der Waals surface area contributed by atoms with E-state index < -0.39 is 0 Å². The number of hydrogen-bond acceptors (Lipinski definition) is 3. The van der Waals surface area contributed by atoms with E-state index in [1.54, 1.807) is 6.20 Å². The maximum absolute atomic E-state index is 6.21. The fourth-order valence-electron chi connectivity index (χ4n) is 2.35. The molecule has 0 amide bonds. The lowest BCUT2D eigenvalue weighted by Gasteiger charge is -2.11. The minimum Gasteiger partial charge on any atom is -0.397 e. The molecule has 1 heterocycles. The van der Waals surface area contributed by atoms with Gasteiger partial charge in [0.25, 0.3) is 0 Å². The second-order valence-electron chi connectivity index (χ2n) is 4.94. The lowest BCUT2D eigenvalue weighted by molar-refractivity contribution is 1.14. The normalized spacial score (nSPS) is 10.7. The first-order valence-electron chi connectivity index (χ1n) is 6.66. The van der Waals surface area contributed by atoms with Gasteiger partial charge in [0.1, 0.15) is 0 Å². The van der Waals surface area contributed by atoms with Crippen LogP contribution in [-0.4, -0.2) is 4.98 Å². The summed E-state index contributed by atoms with van der Waals surface area (Å²) in [5.74, 6) is 0. The van der Waals surface area contributed by atoms with Gasteiger partial charge in [0.15, 0.2) is 0 Å². The zero-order chi connectivity index (χ0) is 13.9. The molecule has 0 saturated heterocycles. The Balaban J connectivity index is 1.86. The number of aryl methyl sites for hydroxylation is 1. The minimum atomic E-state index is 0.753. The summed E-state index contributed by atoms with van der Waals surface area (Å²) >= 11 is 0. The van der Waals surface area contributed by atoms with Crippen LogP contribution < -0.4 is 11.1 Å². The number of nitrogens with one attached hydrogen (secondary N) is 1. The second-order valence-corrected chi connectivity index (χ2v) is 4.94. The second kappa shape index (κ2) is 5.21. The highest BCUT2D eigenvalue weighted by molar-refractivity contribution is 5.96. The lowest BCUT2D eigenvalue weighted by Crippen LogP contribution is -2.03. The van der Waals surface area contributed by atoms with Crippen molar-refractivity contribution in [3.8, 4) is 0 Å². The molecule has 1 aromatic heterocycles. The number of nitrogens with two attached hydrogens (primary N) is 1. The highest BCUT2D eigenvalue weighted by Crippen LogP contribution is 2.27. The Morgan fingerprint density at radius 2 is 2.00 bits per heavy atom. The molecule has 0 aliphatic carbocycles. The van der Waals surface area contributed by atoms with Crippen molar-refractivity contribution in [2.45, 2.75) is 13.5 Å². The molecule has 0 atom stereocenters. The molecule has 0 aliphatic heterocycles. The van der Waals surface area contributed by atoms with Crippen molar-refractivity contribution in [3.63, 3.8) is 0 Å². The van der Waals surface area contributed by atoms with E-state index in [0.717, 1.165) is 28.8 Å². The number of nitrogens with zero attached hydrogens (tertiary/aromatic N) is 1. The van der Waals surface area contributed by atoms with Gasteiger partial charge >= 0.3 is 0 Å². The Morgan fingerprint density at radius 3 is 2.85 bits per heavy atom. The van der Waals surface area contributed by atoms with Gasteiger partial charge in [0.2, 0.25) is 0 Å². The van der Waals surface area contributed by atoms with Crippen LogP contribution in [0.4, 0.5) is 11.4 Å². The number of nitrogen functional groups attached to an aromatic ring is 1. The third-order valence-electron chi connectivity index (χ3n) is 3.39. The van der Waals surface area contributed by atoms with Crippen molar-refractivity contribution in [2.24, 2.45) is 0 Å². The molecule has 0 aliphatic rings. The average Bonchev–Trinajstić information content (AvgIpc) is 2.47. The van der Waals surface area contributed by atoms with Crippen molar-refractivity contribution in [1.82, 2.24) is 4.98 Å². The molecule has 3 aromatic rings. The number of pyridine rings is 1. The molecule has 2 aromatic carbocycles. The number of rotatable bonds is 3. The van der Waals surface area contributed by atoms with E-state index in [-0.39, 0.29) is 0 Å². The topological polar surface area (TPSA) is 50.9 Å². The zero-order valence-electron chi connectivity index (χ0n) is 11.4. The third-order valence-corrected chi connectivity index (χ3v) is 3.39. The Hall–Kier alpha value is -2.55. The molecule has 3 nitrogen and oxygen atoms in total. The quantitative estimate of drug-likeness (QED) is 0.708. The highest BCUT2D eigenvalue weighted by Gasteiger charge is 2.04. The van der Waals surface area contributed by atoms with Crippen LogP contribution in [0.25, 0.3) is 10.9 Å². The number of hydrogen-bond donors (Lipinski definition) is 2. The van der Waals surface area contributed by atoms with Crippen LogP contribution in [0, 0.1) is 6.92 Å². The van der Waals surface area contributed by atoms with Crippen molar-refractivity contribution < 1.29 is 0 Å². The number of benzene rings is 2. The maximum atomic E-state index is 6.21. The maximum Gasteiger partial charge on any atom is 0.0724 e. The Bertz CT molecular complexity index is 750. The molecule has 3 N–H and O–H groups in total. The molecular weight excluding hydrogens is 246 g/mol. The molecule has 0 spiro atoms. The van der Waals surface area contributed by atoms with Crippen molar-refractivity contribution >= 4 is 22.3 Å². The van der Waals surface area contributed by atoms with Gasteiger partial charge in [0.05, 0.1) is 16.9 Å². The van der Waals surface area contributed by atoms with E-state index in [1.807, 2.05) is 24.3 Å². The first-order valence-corrected chi connectivity index (χ1v) is 6.66. The van der Waals surface area contributed by atoms with E-state index in [9.17, 15) is 0 Å². The van der Waals surface area contributed by atoms with Crippen LogP contribution in [0.5, 0.6) is 0 Å². The van der Waals surface area contributed by atoms with Crippen molar-refractivity contribution in [1.29, 1.82) is 0 Å². The molecule has 0 unspecified atom stereocenters. The largest absolute Gasteiger partial charge is 0.397 e. The summed E-state index contributed by atoms with van der Waals surface area (Å²) in [6.45, 7) is 2.86. The molecule has 20 heavy (non-hydrogen) atoms. The standard InChI is InChI=1S/C17H17N3/c1-12-4-2-5-13(10-12)11-20-16-8-7-15-14(17(16)18)6-3-9-19-15/h2-10,20H,11,18H2,1H3. The van der Waals surface area contributed by atoms with E-state index in [1.165, 1.54) is 11.1 Å². The lowest BCUT2D eigenvalue weighted by atomic mass is 10.1. The number of aromatic nitrogens is 1. The molecular formula is C17H17N3. The van der Waals surface area contributed by atoms with Gasteiger partial charge in [-0.1, -0.05) is 29.8 Å². The van der Waals surface area contributed by atoms with Gasteiger partial charge in [-0.2, -0.15) is 0 Å². The number of anilines is 2. The van der Waals surface area contributed by atoms with Gasteiger partial charge in [0, 0.05) is 18.1 Å². The van der Waals surface area contributed by atoms with E-state index in [2.05, 4.69) is 41.5 Å². The first-order chi connectivity index (χ1) is 9.74. The fourth-order valence-corrected chi connectivity index (χ4v) is 2.35. The predicted octanol–water partition coefficient (Wildman–Crippen LogP) is 3.74. The Labute approximate surface area is 118 Å². The smallest absolute Gasteiger partial charge is 0.0724 e. The van der Waals surface area contributed by atoms with Gasteiger partial charge in [-0.15, -0.1) is 0 Å². The monoisotopic (exact) mass is 263 g/mol. The Morgan fingerprint density at radius 1 is 1.10 bits per heavy atom. The van der Waals surface area contributed by atoms with Crippen LogP contribution in [0.1, 0.15) is 11.1 Å². The van der Waals surface area contributed by atoms with Crippen molar-refractivity contribution in [2.75, 3.05) is 11.1 Å². The third kappa shape index (κ3) is 2.43. The predicted molar refractivity (Wildman–Crippen MR) is 84.7 cm³/mol. The minimum absolute atomic E-state index is 0.753. The van der Waals surface area contributed by atoms with E-state index in [0.29, 0.717) is 0 Å². The number of fused-ring (bicyclic) bond motifs is 1. The van der Waals surface area contributed by atoms with Crippen LogP contribution in [0.3, 0.4) is 0 Å². The van der Waals surface area contributed by atoms with E-state index >= 15 is 0 Å². The molecule has 3 rings (SSSR count). The zero-order valence-corrected chi connectivity index (χ0v) is 11.4. The summed E-state index contributed by atoms with van der Waals surface area (Å²) in [5.41, 5.74) is 11.3. The summed E-state index contributed by atoms with van der Waals surface area (Å²) in [6.07, 6.45) is 1.78. The molecule has 0 radical (unpaired) electrons. The Kier molecular flexibility index (Phi) is 3.25. The summed E-state index contributed by atoms with van der Waals surface area (Å²) in [5, 5.41) is 4.38. The molecule has 100 valence electrons. The summed E-state index contributed by atoms with van der Waals surface area (Å²) in [6, 6.07) is 16.3. The van der Waals surface area contributed by atoms with Crippen molar-refractivity contribution in [3.05, 3.63) is 65.9 Å². The molecule has 0 fully saturated rings. The molecule has 0 bridgehead atoms. The van der Waals surface area contributed by atoms with Crippen LogP contribution >= 0.6 is 0 Å².